The zero-order valence-corrected chi connectivity index (χ0v) is 15.5. The monoisotopic (exact) mass is 400 g/mol. The lowest BCUT2D eigenvalue weighted by Gasteiger charge is -2.22. The smallest absolute Gasteiger partial charge is 0.340 e. The lowest BCUT2D eigenvalue weighted by Crippen LogP contribution is -2.45. The van der Waals surface area contributed by atoms with Crippen LogP contribution in [0.2, 0.25) is 0 Å². The van der Waals surface area contributed by atoms with Crippen molar-refractivity contribution >= 4 is 15.9 Å². The summed E-state index contributed by atoms with van der Waals surface area (Å²) in [4.78, 5) is 13.7. The number of carbonyl (C=O) groups is 1. The fourth-order valence-electron chi connectivity index (χ4n) is 2.43. The molecule has 0 heterocycles. The molecule has 0 radical (unpaired) electrons. The SMILES string of the molecule is C[C@H](NS(=O)(=O)c1ccccc1)C(=O)N(C)Cc1ccc(C(F)(F)F)cc1. The highest BCUT2D eigenvalue weighted by Gasteiger charge is 2.30. The summed E-state index contributed by atoms with van der Waals surface area (Å²) < 4.78 is 64.6. The summed E-state index contributed by atoms with van der Waals surface area (Å²) in [7, 11) is -2.40. The van der Waals surface area contributed by atoms with Gasteiger partial charge < -0.3 is 4.90 Å². The normalized spacial score (nSPS) is 13.2. The number of hydrogen-bond acceptors (Lipinski definition) is 3. The topological polar surface area (TPSA) is 66.5 Å². The first-order valence-corrected chi connectivity index (χ1v) is 9.47. The summed E-state index contributed by atoms with van der Waals surface area (Å²) in [6.45, 7) is 1.46. The molecule has 0 aromatic heterocycles. The zero-order valence-electron chi connectivity index (χ0n) is 14.7. The van der Waals surface area contributed by atoms with Crippen molar-refractivity contribution in [3.05, 3.63) is 65.7 Å². The quantitative estimate of drug-likeness (QED) is 0.811. The number of alkyl halides is 3. The van der Waals surface area contributed by atoms with Crippen LogP contribution in [0.4, 0.5) is 13.2 Å². The van der Waals surface area contributed by atoms with Gasteiger partial charge in [-0.05, 0) is 36.8 Å². The maximum absolute atomic E-state index is 12.6. The maximum Gasteiger partial charge on any atom is 0.416 e. The third kappa shape index (κ3) is 5.54. The lowest BCUT2D eigenvalue weighted by molar-refractivity contribution is -0.137. The first-order chi connectivity index (χ1) is 12.5. The predicted molar refractivity (Wildman–Crippen MR) is 94.1 cm³/mol. The minimum absolute atomic E-state index is 0.0371. The van der Waals surface area contributed by atoms with E-state index in [1.807, 2.05) is 0 Å². The van der Waals surface area contributed by atoms with Crippen LogP contribution in [-0.2, 0) is 27.5 Å². The molecule has 0 spiro atoms. The summed E-state index contributed by atoms with van der Waals surface area (Å²) >= 11 is 0. The molecule has 5 nitrogen and oxygen atoms in total. The van der Waals surface area contributed by atoms with Crippen molar-refractivity contribution in [1.29, 1.82) is 0 Å². The van der Waals surface area contributed by atoms with Crippen LogP contribution in [0.3, 0.4) is 0 Å². The van der Waals surface area contributed by atoms with Gasteiger partial charge in [-0.15, -0.1) is 0 Å². The average molecular weight is 400 g/mol. The van der Waals surface area contributed by atoms with Crippen LogP contribution in [0.25, 0.3) is 0 Å². The van der Waals surface area contributed by atoms with Crippen LogP contribution in [0, 0.1) is 0 Å². The molecule has 2 rings (SSSR count). The summed E-state index contributed by atoms with van der Waals surface area (Å²) in [5, 5.41) is 0. The van der Waals surface area contributed by atoms with E-state index < -0.39 is 33.7 Å². The molecule has 0 unspecified atom stereocenters. The van der Waals surface area contributed by atoms with Crippen molar-refractivity contribution in [2.75, 3.05) is 7.05 Å². The molecule has 0 aliphatic carbocycles. The number of hydrogen-bond donors (Lipinski definition) is 1. The van der Waals surface area contributed by atoms with Gasteiger partial charge in [0.1, 0.15) is 0 Å². The highest BCUT2D eigenvalue weighted by molar-refractivity contribution is 7.89. The van der Waals surface area contributed by atoms with Crippen LogP contribution in [-0.4, -0.2) is 32.3 Å². The van der Waals surface area contributed by atoms with Gasteiger partial charge in [-0.1, -0.05) is 30.3 Å². The number of benzene rings is 2. The minimum atomic E-state index is -4.43. The highest BCUT2D eigenvalue weighted by atomic mass is 32.2. The van der Waals surface area contributed by atoms with Crippen LogP contribution >= 0.6 is 0 Å². The fourth-order valence-corrected chi connectivity index (χ4v) is 3.65. The van der Waals surface area contributed by atoms with Gasteiger partial charge in [-0.2, -0.15) is 17.9 Å². The molecule has 2 aromatic rings. The molecule has 1 amide bonds. The van der Waals surface area contributed by atoms with E-state index in [0.717, 1.165) is 12.1 Å². The Morgan fingerprint density at radius 2 is 1.63 bits per heavy atom. The fraction of sp³-hybridized carbons (Fsp3) is 0.278. The third-order valence-corrected chi connectivity index (χ3v) is 5.39. The minimum Gasteiger partial charge on any atom is -0.340 e. The Morgan fingerprint density at radius 3 is 2.15 bits per heavy atom. The van der Waals surface area contributed by atoms with Gasteiger partial charge in [0.25, 0.3) is 0 Å². The molecule has 27 heavy (non-hydrogen) atoms. The van der Waals surface area contributed by atoms with Crippen molar-refractivity contribution < 1.29 is 26.4 Å². The number of halogens is 3. The number of likely N-dealkylation sites (N-methyl/N-ethyl adjacent to an activating group) is 1. The van der Waals surface area contributed by atoms with Gasteiger partial charge in [0, 0.05) is 13.6 Å². The molecule has 1 atom stereocenters. The van der Waals surface area contributed by atoms with E-state index in [1.54, 1.807) is 18.2 Å². The van der Waals surface area contributed by atoms with Crippen LogP contribution < -0.4 is 4.72 Å². The Hall–Kier alpha value is -2.39. The van der Waals surface area contributed by atoms with Gasteiger partial charge >= 0.3 is 6.18 Å². The Bertz CT molecular complexity index is 882. The molecule has 9 heteroatoms. The average Bonchev–Trinajstić information content (AvgIpc) is 2.61. The van der Waals surface area contributed by atoms with E-state index in [1.165, 1.54) is 43.1 Å². The van der Waals surface area contributed by atoms with Crippen molar-refractivity contribution in [2.24, 2.45) is 0 Å². The lowest BCUT2D eigenvalue weighted by atomic mass is 10.1. The summed E-state index contributed by atoms with van der Waals surface area (Å²) in [5.74, 6) is -0.505. The van der Waals surface area contributed by atoms with E-state index in [-0.39, 0.29) is 11.4 Å². The molecule has 0 aliphatic heterocycles. The summed E-state index contributed by atoms with van der Waals surface area (Å²) in [6, 6.07) is 11.0. The van der Waals surface area contributed by atoms with E-state index in [2.05, 4.69) is 4.72 Å². The Labute approximate surface area is 155 Å². The second-order valence-corrected chi connectivity index (χ2v) is 7.76. The molecule has 146 valence electrons. The molecule has 0 aliphatic rings. The van der Waals surface area contributed by atoms with Crippen molar-refractivity contribution in [2.45, 2.75) is 30.6 Å². The number of nitrogens with zero attached hydrogens (tertiary/aromatic N) is 1. The third-order valence-electron chi connectivity index (χ3n) is 3.83. The Morgan fingerprint density at radius 1 is 1.07 bits per heavy atom. The Kier molecular flexibility index (Phi) is 6.27. The first kappa shape index (κ1) is 20.9. The second kappa shape index (κ2) is 8.10. The van der Waals surface area contributed by atoms with Gasteiger partial charge in [-0.3, -0.25) is 4.79 Å². The highest BCUT2D eigenvalue weighted by Crippen LogP contribution is 2.29. The number of amides is 1. The molecular formula is C18H19F3N2O3S. The van der Waals surface area contributed by atoms with Gasteiger partial charge in [0.05, 0.1) is 16.5 Å². The van der Waals surface area contributed by atoms with Gasteiger partial charge in [0.2, 0.25) is 15.9 Å². The molecule has 0 bridgehead atoms. The molecule has 0 saturated carbocycles. The molecule has 2 aromatic carbocycles. The van der Waals surface area contributed by atoms with Gasteiger partial charge in [-0.25, -0.2) is 8.42 Å². The van der Waals surface area contributed by atoms with E-state index >= 15 is 0 Å². The van der Waals surface area contributed by atoms with Crippen molar-refractivity contribution in [3.8, 4) is 0 Å². The van der Waals surface area contributed by atoms with Gasteiger partial charge in [0.15, 0.2) is 0 Å². The van der Waals surface area contributed by atoms with E-state index in [9.17, 15) is 26.4 Å². The number of nitrogens with one attached hydrogen (secondary N) is 1. The first-order valence-electron chi connectivity index (χ1n) is 7.99. The summed E-state index contributed by atoms with van der Waals surface area (Å²) in [5.41, 5.74) is -0.277. The number of sulfonamides is 1. The van der Waals surface area contributed by atoms with E-state index in [4.69, 9.17) is 0 Å². The molecule has 0 saturated heterocycles. The molecular weight excluding hydrogens is 381 g/mol. The maximum atomic E-state index is 12.6. The molecule has 0 fully saturated rings. The Balaban J connectivity index is 2.02. The van der Waals surface area contributed by atoms with Crippen LogP contribution in [0.1, 0.15) is 18.1 Å². The largest absolute Gasteiger partial charge is 0.416 e. The standard InChI is InChI=1S/C18H19F3N2O3S/c1-13(22-27(25,26)16-6-4-3-5-7-16)17(24)23(2)12-14-8-10-15(11-9-14)18(19,20)21/h3-11,13,22H,12H2,1-2H3/t13-/m0/s1. The predicted octanol–water partition coefficient (Wildman–Crippen LogP) is 3.03. The van der Waals surface area contributed by atoms with Crippen LogP contribution in [0.5, 0.6) is 0 Å². The summed E-state index contributed by atoms with van der Waals surface area (Å²) in [6.07, 6.45) is -4.43. The number of carbonyl (C=O) groups excluding carboxylic acids is 1. The van der Waals surface area contributed by atoms with Crippen molar-refractivity contribution in [3.63, 3.8) is 0 Å². The van der Waals surface area contributed by atoms with E-state index in [0.29, 0.717) is 5.56 Å². The van der Waals surface area contributed by atoms with Crippen LogP contribution in [0.15, 0.2) is 59.5 Å². The zero-order chi connectivity index (χ0) is 20.2. The second-order valence-electron chi connectivity index (χ2n) is 6.05. The van der Waals surface area contributed by atoms with Crippen molar-refractivity contribution in [1.82, 2.24) is 9.62 Å². The number of rotatable bonds is 6. The molecule has 1 N–H and O–H groups in total.